The monoisotopic (exact) mass is 2000 g/mol. The van der Waals surface area contributed by atoms with Crippen LogP contribution in [0.1, 0.15) is 145 Å². The van der Waals surface area contributed by atoms with Gasteiger partial charge in [-0.05, 0) is 132 Å². The first-order valence-electron chi connectivity index (χ1n) is 46.6. The number of nitrogens with zero attached hydrogens (tertiary/aromatic N) is 3. The van der Waals surface area contributed by atoms with E-state index in [2.05, 4.69) is 10.0 Å². The van der Waals surface area contributed by atoms with E-state index in [1.165, 1.54) is 0 Å². The van der Waals surface area contributed by atoms with Crippen LogP contribution < -0.4 is 0 Å². The fourth-order valence-corrected chi connectivity index (χ4v) is 21.4. The van der Waals surface area contributed by atoms with Gasteiger partial charge in [0.15, 0.2) is 102 Å². The molecule has 131 heavy (non-hydrogen) atoms. The second-order valence-electron chi connectivity index (χ2n) is 47.7. The van der Waals surface area contributed by atoms with Crippen molar-refractivity contribution >= 4 is 58.2 Å². The number of hydrogen-bond donors (Lipinski definition) is 13. The summed E-state index contributed by atoms with van der Waals surface area (Å²) in [4.78, 5) is 2.90. The zero-order chi connectivity index (χ0) is 99.5. The molecule has 13 N–H and O–H groups in total. The van der Waals surface area contributed by atoms with E-state index in [4.69, 9.17) is 102 Å². The summed E-state index contributed by atoms with van der Waals surface area (Å²) in [5.74, 6) is 0. The van der Waals surface area contributed by atoms with Crippen LogP contribution in [0.2, 0.25) is 127 Å². The van der Waals surface area contributed by atoms with Gasteiger partial charge in [0.25, 0.3) is 0 Å². The molecule has 38 nitrogen and oxygen atoms in total. The molecule has 0 aromatic carbocycles. The number of aliphatic hydroxyl groups excluding tert-OH is 13. The van der Waals surface area contributed by atoms with Crippen molar-refractivity contribution in [2.24, 2.45) is 5.11 Å². The molecule has 21 heterocycles. The van der Waals surface area contributed by atoms with Crippen LogP contribution >= 0.6 is 0 Å². The lowest BCUT2D eigenvalue weighted by atomic mass is 9.95. The highest BCUT2D eigenvalue weighted by atomic mass is 28.4. The lowest BCUT2D eigenvalue weighted by molar-refractivity contribution is -0.397. The molecule has 21 aliphatic rings. The summed E-state index contributed by atoms with van der Waals surface area (Å²) >= 11 is 0. The molecule has 0 radical (unpaired) electrons. The van der Waals surface area contributed by atoms with Crippen LogP contribution in [0, 0.1) is 0 Å². The van der Waals surface area contributed by atoms with Gasteiger partial charge in [0, 0.05) is 11.5 Å². The normalized spacial score (nSPS) is 39.3. The maximum Gasteiger partial charge on any atom is 0.192 e. The summed E-state index contributed by atoms with van der Waals surface area (Å²) in [5, 5.41) is 168. The van der Waals surface area contributed by atoms with Crippen molar-refractivity contribution in [3.05, 3.63) is 10.4 Å². The van der Waals surface area contributed by atoms with E-state index in [-0.39, 0.29) is 52.8 Å². The lowest BCUT2D eigenvalue weighted by Gasteiger charge is -2.51. The first kappa shape index (κ1) is 116. The fraction of sp³-hybridized carbons (Fsp3) is 1.00. The van der Waals surface area contributed by atoms with E-state index < -0.39 is 315 Å². The average Bonchev–Trinajstić information content (AvgIpc) is 0.778. The van der Waals surface area contributed by atoms with Gasteiger partial charge in [0.05, 0.1) is 52.9 Å². The predicted molar refractivity (Wildman–Crippen MR) is 499 cm³/mol. The van der Waals surface area contributed by atoms with Gasteiger partial charge < -0.3 is 168 Å². The first-order valence-corrected chi connectivity index (χ1v) is 66.9. The highest BCUT2D eigenvalue weighted by Crippen LogP contribution is 2.48. The highest BCUT2D eigenvalue weighted by molar-refractivity contribution is 6.76. The summed E-state index contributed by atoms with van der Waals surface area (Å²) in [6.07, 6.45) is -64.8. The van der Waals surface area contributed by atoms with Gasteiger partial charge in [0.2, 0.25) is 0 Å². The third-order valence-electron chi connectivity index (χ3n) is 31.0. The molecule has 21 rings (SSSR count). The summed E-state index contributed by atoms with van der Waals surface area (Å²) < 4.78 is 149. The predicted octanol–water partition coefficient (Wildman–Crippen LogP) is 7.31. The van der Waals surface area contributed by atoms with Crippen LogP contribution in [0.4, 0.5) is 0 Å². The molecule has 0 saturated carbocycles. The molecule has 21 aliphatic heterocycles. The van der Waals surface area contributed by atoms with Crippen molar-refractivity contribution in [2.75, 3.05) is 59.4 Å². The van der Waals surface area contributed by atoms with Crippen molar-refractivity contribution in [1.29, 1.82) is 0 Å². The topological polar surface area (TPSA) is 515 Å². The van der Waals surface area contributed by atoms with Gasteiger partial charge in [-0.3, -0.25) is 0 Å². The summed E-state index contributed by atoms with van der Waals surface area (Å²) in [7, 11) is -19.9. The maximum absolute atomic E-state index is 13.4. The Kier molecular flexibility index (Phi) is 38.4. The molecule has 21 fully saturated rings. The van der Waals surface area contributed by atoms with Crippen molar-refractivity contribution in [3.8, 4) is 0 Å². The Labute approximate surface area is 784 Å². The molecule has 0 spiro atoms. The van der Waals surface area contributed by atoms with Gasteiger partial charge in [-0.15, -0.1) is 0 Å². The van der Waals surface area contributed by atoms with Crippen molar-refractivity contribution in [3.63, 3.8) is 0 Å². The Morgan fingerprint density at radius 3 is 0.527 bits per heavy atom. The minimum atomic E-state index is -2.86. The van der Waals surface area contributed by atoms with E-state index in [1.54, 1.807) is 0 Å². The quantitative estimate of drug-likeness (QED) is 0.0140. The molecule has 0 aromatic rings. The van der Waals surface area contributed by atoms with Gasteiger partial charge in [-0.1, -0.05) is 151 Å². The third kappa shape index (κ3) is 27.1. The Morgan fingerprint density at radius 2 is 0.374 bits per heavy atom. The third-order valence-corrected chi connectivity index (χ3v) is 62.5. The smallest absolute Gasteiger partial charge is 0.192 e. The maximum atomic E-state index is 13.4. The summed E-state index contributed by atoms with van der Waals surface area (Å²) in [6, 6.07) is 0. The van der Waals surface area contributed by atoms with Crippen LogP contribution in [0.3, 0.4) is 0 Å². The van der Waals surface area contributed by atoms with E-state index in [0.29, 0.717) is 0 Å². The largest absolute Gasteiger partial charge is 0.414 e. The SMILES string of the molecule is CC(C)(C)[Si](C)(C)OC[C@@H]1O[C@H]2O[C@@H]3[C@@H](O)[C@H](O)[C@H](O[C@@H]4[C@@H](O)[C@H](O)[C@H](O[C@@H]5[C@@H](O)[C@H](O)[C@H](O[C@@H]6[C@@H](O)[C@H](O)[C@H](O[C@@H]7[C@@H](O)[C@H](O)[C@H](O[C@@H]8[C@@H](O)[C@H](O)[C@H](O[C@@H]1[C@@H](O)[C@H]2OCCN=[N+]=[N-])O[C@H]8CO[Si](C)(C)C(C)(C)C)O[C@H]7CO[Si](C)(C)C(C)(C)C)O[C@H]6CO[Si](C)(C)C(C)(C)C)O[C@H]5CO[Si](C)(C)C(C)(C)C)O[C@H]4CO[Si](C)(C)C(C)(C)C)O[C@H]3CO[Si](C)(C)C(C)(C)C. The second kappa shape index (κ2) is 43.5. The molecule has 0 aromatic heterocycles. The minimum Gasteiger partial charge on any atom is -0.414 e. The number of hydrogen-bond acceptors (Lipinski definition) is 36. The van der Waals surface area contributed by atoms with Crippen LogP contribution in [-0.4, -0.2) is 399 Å². The number of aliphatic hydroxyl groups is 13. The number of rotatable bonds is 25. The summed E-state index contributed by atoms with van der Waals surface area (Å²) in [5.41, 5.74) is 9.55. The first-order chi connectivity index (χ1) is 59.5. The van der Waals surface area contributed by atoms with Gasteiger partial charge in [0.1, 0.15) is 171 Å². The van der Waals surface area contributed by atoms with Gasteiger partial charge in [-0.2, -0.15) is 0 Å². The fourth-order valence-electron chi connectivity index (χ4n) is 14.3. The molecule has 45 heteroatoms. The van der Waals surface area contributed by atoms with E-state index in [9.17, 15) is 71.9 Å². The van der Waals surface area contributed by atoms with Crippen LogP contribution in [0.5, 0.6) is 0 Å². The molecular formula is C86H171N3O35Si7. The van der Waals surface area contributed by atoms with Crippen molar-refractivity contribution < 1.29 is 168 Å². The van der Waals surface area contributed by atoms with Crippen molar-refractivity contribution in [1.82, 2.24) is 0 Å². The Hall–Kier alpha value is -0.572. The Balaban J connectivity index is 1.34. The standard InChI is InChI=1S/C86H171N3O35Si7/c1-80(2,3)125(22,23)104-38-45-65-52(90)58(96)74(111-45)119-67-47(40-106-127(26,27)82(7,8)9)113-76(60(98)54(67)92)121-69-49(42-108-129(30,31)84(13,14)15)115-78(62(100)56(69)94)123-71-51(44-110-131(34,35)86(19,20)21)117-79(72(64(71)102)103-37-36-88-89-87)124-70-50(43-109-130(32,33)85(16,17)18)116-77(63(101)57(70)95)122-68-48(41-107-128(28,29)83(10,11)12)114-75(61(99)55(68)93)120-66-46(39-105-126(24,25)81(4,5)6)112-73(118-65)59(97)53(66)91/h45-79,90-102H,36-44H2,1-35H3/t45-,46-,47-,48-,49-,50-,51-,52-,53-,54-,55-,56-,57-,58-,59-,60-,61-,62-,63-,64+,65-,66-,67-,68-,69-,70-,71-,72+,73-,74-,75-,76-,77-,78-,79-/m0/s1. The Morgan fingerprint density at radius 1 is 0.229 bits per heavy atom. The molecule has 14 bridgehead atoms. The molecule has 35 atom stereocenters. The lowest BCUT2D eigenvalue weighted by Crippen LogP contribution is -2.69. The summed E-state index contributed by atoms with van der Waals surface area (Å²) in [6.45, 7) is 66.2. The molecule has 0 unspecified atom stereocenters. The Bertz CT molecular complexity index is 3590. The highest BCUT2D eigenvalue weighted by Gasteiger charge is 2.63. The molecule has 0 amide bonds. The van der Waals surface area contributed by atoms with Crippen LogP contribution in [0.15, 0.2) is 5.11 Å². The molecular weight excluding hydrogens is 1830 g/mol. The van der Waals surface area contributed by atoms with Gasteiger partial charge in [-0.25, -0.2) is 0 Å². The number of ether oxygens (including phenoxy) is 15. The zero-order valence-electron chi connectivity index (χ0n) is 84.7. The molecule has 0 aliphatic carbocycles. The molecule has 768 valence electrons. The van der Waals surface area contributed by atoms with E-state index in [0.717, 1.165) is 0 Å². The second-order valence-corrected chi connectivity index (χ2v) is 81.3. The minimum absolute atomic E-state index is 0.312. The van der Waals surface area contributed by atoms with Crippen molar-refractivity contribution in [2.45, 2.75) is 487 Å². The zero-order valence-corrected chi connectivity index (χ0v) is 91.7. The van der Waals surface area contributed by atoms with E-state index in [1.807, 2.05) is 237 Å². The van der Waals surface area contributed by atoms with Gasteiger partial charge >= 0.3 is 0 Å². The number of azide groups is 1. The van der Waals surface area contributed by atoms with Crippen LogP contribution in [-0.2, 0) is 102 Å². The average molecular weight is 2000 g/mol. The van der Waals surface area contributed by atoms with E-state index >= 15 is 0 Å². The van der Waals surface area contributed by atoms with Crippen LogP contribution in [0.25, 0.3) is 10.4 Å². The molecule has 21 saturated heterocycles.